The maximum absolute atomic E-state index is 11.5. The third kappa shape index (κ3) is 4.42. The van der Waals surface area contributed by atoms with Gasteiger partial charge in [-0.15, -0.1) is 0 Å². The van der Waals surface area contributed by atoms with E-state index in [0.29, 0.717) is 11.4 Å². The number of amides is 1. The second-order valence-corrected chi connectivity index (χ2v) is 3.72. The van der Waals surface area contributed by atoms with Crippen LogP contribution in [0.4, 0.5) is 5.69 Å². The number of aliphatic carboxylic acids is 1. The molecule has 1 aromatic carbocycles. The SMILES string of the molecule is COc1cccc(NC(=O)CN[C@H](C)C(=O)O)c1. The van der Waals surface area contributed by atoms with Gasteiger partial charge in [0.05, 0.1) is 13.7 Å². The third-order valence-corrected chi connectivity index (χ3v) is 2.29. The van der Waals surface area contributed by atoms with Crippen LogP contribution in [-0.4, -0.2) is 36.7 Å². The molecule has 0 saturated heterocycles. The summed E-state index contributed by atoms with van der Waals surface area (Å²) in [7, 11) is 1.54. The van der Waals surface area contributed by atoms with Gasteiger partial charge in [-0.3, -0.25) is 14.9 Å². The van der Waals surface area contributed by atoms with Crippen molar-refractivity contribution in [3.05, 3.63) is 24.3 Å². The zero-order valence-electron chi connectivity index (χ0n) is 10.3. The number of benzene rings is 1. The molecule has 0 unspecified atom stereocenters. The van der Waals surface area contributed by atoms with Gasteiger partial charge in [0.25, 0.3) is 0 Å². The monoisotopic (exact) mass is 252 g/mol. The number of nitrogens with one attached hydrogen (secondary N) is 2. The van der Waals surface area contributed by atoms with Crippen LogP contribution in [0.1, 0.15) is 6.92 Å². The maximum atomic E-state index is 11.5. The molecule has 1 aromatic rings. The van der Waals surface area contributed by atoms with Crippen molar-refractivity contribution < 1.29 is 19.4 Å². The van der Waals surface area contributed by atoms with E-state index >= 15 is 0 Å². The second-order valence-electron chi connectivity index (χ2n) is 3.72. The lowest BCUT2D eigenvalue weighted by molar-refractivity contribution is -0.139. The zero-order chi connectivity index (χ0) is 13.5. The van der Waals surface area contributed by atoms with Crippen molar-refractivity contribution >= 4 is 17.6 Å². The van der Waals surface area contributed by atoms with Gasteiger partial charge in [-0.2, -0.15) is 0 Å². The molecule has 0 spiro atoms. The molecule has 0 radical (unpaired) electrons. The zero-order valence-corrected chi connectivity index (χ0v) is 10.3. The minimum Gasteiger partial charge on any atom is -0.497 e. The molecule has 0 aliphatic heterocycles. The van der Waals surface area contributed by atoms with Gasteiger partial charge in [-0.25, -0.2) is 0 Å². The minimum atomic E-state index is -0.996. The molecular weight excluding hydrogens is 236 g/mol. The largest absolute Gasteiger partial charge is 0.497 e. The molecule has 0 aliphatic carbocycles. The van der Waals surface area contributed by atoms with Crippen molar-refractivity contribution in [1.29, 1.82) is 0 Å². The van der Waals surface area contributed by atoms with Crippen molar-refractivity contribution in [2.24, 2.45) is 0 Å². The minimum absolute atomic E-state index is 0.0648. The highest BCUT2D eigenvalue weighted by Gasteiger charge is 2.11. The van der Waals surface area contributed by atoms with Crippen LogP contribution in [0.3, 0.4) is 0 Å². The Morgan fingerprint density at radius 3 is 2.78 bits per heavy atom. The van der Waals surface area contributed by atoms with E-state index < -0.39 is 12.0 Å². The van der Waals surface area contributed by atoms with Crippen molar-refractivity contribution in [3.8, 4) is 5.75 Å². The number of carboxylic acid groups (broad SMARTS) is 1. The normalized spacial score (nSPS) is 11.7. The van der Waals surface area contributed by atoms with Gasteiger partial charge in [-0.05, 0) is 19.1 Å². The smallest absolute Gasteiger partial charge is 0.320 e. The number of carbonyl (C=O) groups excluding carboxylic acids is 1. The van der Waals surface area contributed by atoms with E-state index in [1.165, 1.54) is 14.0 Å². The molecule has 1 atom stereocenters. The van der Waals surface area contributed by atoms with E-state index in [2.05, 4.69) is 10.6 Å². The molecule has 1 amide bonds. The number of rotatable bonds is 6. The number of hydrogen-bond acceptors (Lipinski definition) is 4. The first-order valence-electron chi connectivity index (χ1n) is 5.43. The van der Waals surface area contributed by atoms with Crippen LogP contribution in [0.25, 0.3) is 0 Å². The number of carboxylic acids is 1. The first-order chi connectivity index (χ1) is 8.52. The summed E-state index contributed by atoms with van der Waals surface area (Å²) in [6, 6.07) is 6.16. The quantitative estimate of drug-likeness (QED) is 0.693. The fraction of sp³-hybridized carbons (Fsp3) is 0.333. The molecule has 0 bridgehead atoms. The second kappa shape index (κ2) is 6.61. The van der Waals surface area contributed by atoms with Crippen LogP contribution in [0.15, 0.2) is 24.3 Å². The predicted molar refractivity (Wildman–Crippen MR) is 66.7 cm³/mol. The molecule has 6 nitrogen and oxygen atoms in total. The standard InChI is InChI=1S/C12H16N2O4/c1-8(12(16)17)13-7-11(15)14-9-4-3-5-10(6-9)18-2/h3-6,8,13H,7H2,1-2H3,(H,14,15)(H,16,17)/t8-/m1/s1. The Balaban J connectivity index is 2.46. The van der Waals surface area contributed by atoms with E-state index in [0.717, 1.165) is 0 Å². The van der Waals surface area contributed by atoms with Gasteiger partial charge in [0.2, 0.25) is 5.91 Å². The molecule has 1 rings (SSSR count). The molecule has 0 aliphatic rings. The maximum Gasteiger partial charge on any atom is 0.320 e. The summed E-state index contributed by atoms with van der Waals surface area (Å²) >= 11 is 0. The van der Waals surface area contributed by atoms with Gasteiger partial charge in [0.15, 0.2) is 0 Å². The van der Waals surface area contributed by atoms with Crippen LogP contribution in [0.5, 0.6) is 5.75 Å². The van der Waals surface area contributed by atoms with Gasteiger partial charge < -0.3 is 15.2 Å². The van der Waals surface area contributed by atoms with Gasteiger partial charge in [-0.1, -0.05) is 6.07 Å². The Hall–Kier alpha value is -2.08. The molecule has 0 fully saturated rings. The third-order valence-electron chi connectivity index (χ3n) is 2.29. The van der Waals surface area contributed by atoms with Crippen LogP contribution in [0.2, 0.25) is 0 Å². The molecule has 6 heteroatoms. The molecule has 0 heterocycles. The molecule has 18 heavy (non-hydrogen) atoms. The lowest BCUT2D eigenvalue weighted by Gasteiger charge is -2.10. The lowest BCUT2D eigenvalue weighted by Crippen LogP contribution is -2.39. The van der Waals surface area contributed by atoms with Crippen LogP contribution in [-0.2, 0) is 9.59 Å². The van der Waals surface area contributed by atoms with E-state index in [-0.39, 0.29) is 12.5 Å². The summed E-state index contributed by atoms with van der Waals surface area (Å²) in [5, 5.41) is 13.9. The van der Waals surface area contributed by atoms with Gasteiger partial charge >= 0.3 is 5.97 Å². The average molecular weight is 252 g/mol. The Morgan fingerprint density at radius 2 is 2.17 bits per heavy atom. The summed E-state index contributed by atoms with van der Waals surface area (Å²) in [6.07, 6.45) is 0. The number of carbonyl (C=O) groups is 2. The van der Waals surface area contributed by atoms with E-state index in [4.69, 9.17) is 9.84 Å². The first-order valence-corrected chi connectivity index (χ1v) is 5.43. The molecular formula is C12H16N2O4. The van der Waals surface area contributed by atoms with Crippen molar-refractivity contribution in [1.82, 2.24) is 5.32 Å². The fourth-order valence-corrected chi connectivity index (χ4v) is 1.24. The Kier molecular flexibility index (Phi) is 5.13. The molecule has 0 aromatic heterocycles. The highest BCUT2D eigenvalue weighted by Crippen LogP contribution is 2.16. The summed E-state index contributed by atoms with van der Waals surface area (Å²) < 4.78 is 5.02. The highest BCUT2D eigenvalue weighted by molar-refractivity contribution is 5.92. The Morgan fingerprint density at radius 1 is 1.44 bits per heavy atom. The van der Waals surface area contributed by atoms with Gasteiger partial charge in [0.1, 0.15) is 11.8 Å². The summed E-state index contributed by atoms with van der Waals surface area (Å²) in [5.74, 6) is -0.666. The Bertz CT molecular complexity index is 434. The summed E-state index contributed by atoms with van der Waals surface area (Å²) in [6.45, 7) is 1.41. The fourth-order valence-electron chi connectivity index (χ4n) is 1.24. The first kappa shape index (κ1) is 14.0. The van der Waals surface area contributed by atoms with E-state index in [1.54, 1.807) is 24.3 Å². The Labute approximate surface area is 105 Å². The van der Waals surface area contributed by atoms with Crippen molar-refractivity contribution in [2.45, 2.75) is 13.0 Å². The summed E-state index contributed by atoms with van der Waals surface area (Å²) in [5.41, 5.74) is 0.601. The highest BCUT2D eigenvalue weighted by atomic mass is 16.5. The topological polar surface area (TPSA) is 87.7 Å². The molecule has 0 saturated carbocycles. The number of hydrogen-bond donors (Lipinski definition) is 3. The van der Waals surface area contributed by atoms with Crippen LogP contribution >= 0.6 is 0 Å². The van der Waals surface area contributed by atoms with Crippen molar-refractivity contribution in [2.75, 3.05) is 19.0 Å². The van der Waals surface area contributed by atoms with Crippen molar-refractivity contribution in [3.63, 3.8) is 0 Å². The van der Waals surface area contributed by atoms with E-state index in [1.807, 2.05) is 0 Å². The molecule has 98 valence electrons. The number of ether oxygens (including phenoxy) is 1. The number of anilines is 1. The lowest BCUT2D eigenvalue weighted by atomic mass is 10.3. The van der Waals surface area contributed by atoms with Crippen LogP contribution in [0, 0.1) is 0 Å². The number of methoxy groups -OCH3 is 1. The molecule has 3 N–H and O–H groups in total. The van der Waals surface area contributed by atoms with Gasteiger partial charge in [0, 0.05) is 11.8 Å². The van der Waals surface area contributed by atoms with E-state index in [9.17, 15) is 9.59 Å². The summed E-state index contributed by atoms with van der Waals surface area (Å²) in [4.78, 5) is 22.1. The van der Waals surface area contributed by atoms with Crippen LogP contribution < -0.4 is 15.4 Å². The average Bonchev–Trinajstić information content (AvgIpc) is 2.36. The predicted octanol–water partition coefficient (Wildman–Crippen LogP) is 0.696.